The van der Waals surface area contributed by atoms with Crippen LogP contribution in [0.1, 0.15) is 5.56 Å². The van der Waals surface area contributed by atoms with Gasteiger partial charge < -0.3 is 5.32 Å². The topological polar surface area (TPSA) is 41.1 Å². The molecule has 0 atom stereocenters. The van der Waals surface area contributed by atoms with E-state index in [9.17, 15) is 4.79 Å². The molecule has 2 N–H and O–H groups in total. The molecule has 1 heterocycles. The number of amides is 1. The number of benzene rings is 1. The minimum atomic E-state index is -0.192. The maximum absolute atomic E-state index is 11.3. The summed E-state index contributed by atoms with van der Waals surface area (Å²) in [7, 11) is 0. The Morgan fingerprint density at radius 3 is 2.50 bits per heavy atom. The predicted molar refractivity (Wildman–Crippen MR) is 67.4 cm³/mol. The van der Waals surface area contributed by atoms with E-state index < -0.39 is 0 Å². The Hall–Kier alpha value is -1.94. The average molecular weight is 230 g/mol. The van der Waals surface area contributed by atoms with Crippen molar-refractivity contribution in [1.29, 1.82) is 0 Å². The minimum Gasteiger partial charge on any atom is -0.328 e. The van der Waals surface area contributed by atoms with Crippen molar-refractivity contribution in [2.75, 3.05) is 0 Å². The average Bonchev–Trinajstić information content (AvgIpc) is 2.59. The normalized spacial score (nSPS) is 17.9. The molecule has 0 unspecified atom stereocenters. The third-order valence-corrected chi connectivity index (χ3v) is 2.28. The smallest absolute Gasteiger partial charge is 0.273 e. The highest BCUT2D eigenvalue weighted by atomic mass is 32.1. The van der Waals surface area contributed by atoms with Crippen molar-refractivity contribution in [1.82, 2.24) is 10.6 Å². The third kappa shape index (κ3) is 2.55. The molecule has 2 rings (SSSR count). The quantitative estimate of drug-likeness (QED) is 0.599. The second-order valence-electron chi connectivity index (χ2n) is 3.26. The minimum absolute atomic E-state index is 0.192. The summed E-state index contributed by atoms with van der Waals surface area (Å²) in [4.78, 5) is 11.3. The van der Waals surface area contributed by atoms with Gasteiger partial charge in [0.25, 0.3) is 5.91 Å². The zero-order chi connectivity index (χ0) is 11.4. The van der Waals surface area contributed by atoms with Gasteiger partial charge in [-0.1, -0.05) is 42.5 Å². The second kappa shape index (κ2) is 4.72. The van der Waals surface area contributed by atoms with Gasteiger partial charge in [0.05, 0.1) is 0 Å². The number of hydrogen-bond donors (Lipinski definition) is 2. The molecular weight excluding hydrogens is 220 g/mol. The summed E-state index contributed by atoms with van der Waals surface area (Å²) in [6.45, 7) is 0. The van der Waals surface area contributed by atoms with E-state index in [-0.39, 0.29) is 5.91 Å². The van der Waals surface area contributed by atoms with Crippen LogP contribution in [0.5, 0.6) is 0 Å². The zero-order valence-electron chi connectivity index (χ0n) is 8.44. The van der Waals surface area contributed by atoms with Gasteiger partial charge in [0, 0.05) is 0 Å². The monoisotopic (exact) mass is 230 g/mol. The van der Waals surface area contributed by atoms with E-state index in [1.54, 1.807) is 6.08 Å². The molecule has 4 heteroatoms. The van der Waals surface area contributed by atoms with E-state index in [1.807, 2.05) is 42.5 Å². The number of hydrogen-bond acceptors (Lipinski definition) is 2. The van der Waals surface area contributed by atoms with E-state index in [4.69, 9.17) is 12.2 Å². The van der Waals surface area contributed by atoms with Crippen LogP contribution in [0.3, 0.4) is 0 Å². The van der Waals surface area contributed by atoms with Crippen molar-refractivity contribution in [3.63, 3.8) is 0 Å². The lowest BCUT2D eigenvalue weighted by molar-refractivity contribution is -0.115. The molecule has 3 nitrogen and oxygen atoms in total. The molecule has 1 fully saturated rings. The molecule has 1 aromatic rings. The highest BCUT2D eigenvalue weighted by molar-refractivity contribution is 7.80. The first-order chi connectivity index (χ1) is 7.75. The van der Waals surface area contributed by atoms with Gasteiger partial charge in [-0.25, -0.2) is 0 Å². The Balaban J connectivity index is 2.07. The lowest BCUT2D eigenvalue weighted by atomic mass is 10.2. The predicted octanol–water partition coefficient (Wildman–Crippen LogP) is 1.59. The van der Waals surface area contributed by atoms with Crippen molar-refractivity contribution in [3.05, 3.63) is 53.7 Å². The highest BCUT2D eigenvalue weighted by Gasteiger charge is 2.18. The zero-order valence-corrected chi connectivity index (χ0v) is 9.25. The molecule has 1 aliphatic rings. The molecule has 1 aliphatic heterocycles. The SMILES string of the molecule is O=C1NC(=S)N/C1=C\C=C/c1ccccc1. The fourth-order valence-corrected chi connectivity index (χ4v) is 1.52. The fourth-order valence-electron chi connectivity index (χ4n) is 1.32. The van der Waals surface area contributed by atoms with Gasteiger partial charge in [-0.15, -0.1) is 0 Å². The van der Waals surface area contributed by atoms with Gasteiger partial charge in [-0.3, -0.25) is 10.1 Å². The van der Waals surface area contributed by atoms with Gasteiger partial charge in [0.15, 0.2) is 5.11 Å². The van der Waals surface area contributed by atoms with Gasteiger partial charge >= 0.3 is 0 Å². The Labute approximate surface area is 98.9 Å². The number of rotatable bonds is 2. The molecule has 0 radical (unpaired) electrons. The summed E-state index contributed by atoms with van der Waals surface area (Å²) < 4.78 is 0. The standard InChI is InChI=1S/C12H10N2OS/c15-11-10(13-12(16)14-11)8-4-7-9-5-2-1-3-6-9/h1-8H,(H2,13,14,15,16)/b7-4-,10-8-. The number of nitrogens with one attached hydrogen (secondary N) is 2. The molecule has 0 saturated carbocycles. The van der Waals surface area contributed by atoms with E-state index in [2.05, 4.69) is 10.6 Å². The van der Waals surface area contributed by atoms with Crippen LogP contribution >= 0.6 is 12.2 Å². The lowest BCUT2D eigenvalue weighted by Gasteiger charge is -1.91. The second-order valence-corrected chi connectivity index (χ2v) is 3.67. The Morgan fingerprint density at radius 2 is 1.88 bits per heavy atom. The largest absolute Gasteiger partial charge is 0.328 e. The van der Waals surface area contributed by atoms with Crippen molar-refractivity contribution in [2.45, 2.75) is 0 Å². The van der Waals surface area contributed by atoms with Crippen molar-refractivity contribution in [2.24, 2.45) is 0 Å². The first kappa shape index (κ1) is 10.6. The van der Waals surface area contributed by atoms with Crippen LogP contribution in [0.25, 0.3) is 6.08 Å². The van der Waals surface area contributed by atoms with E-state index in [0.717, 1.165) is 5.56 Å². The number of allylic oxidation sites excluding steroid dienone is 2. The van der Waals surface area contributed by atoms with Crippen LogP contribution in [-0.4, -0.2) is 11.0 Å². The summed E-state index contributed by atoms with van der Waals surface area (Å²) in [6, 6.07) is 9.86. The summed E-state index contributed by atoms with van der Waals surface area (Å²) in [6.07, 6.45) is 5.43. The maximum atomic E-state index is 11.3. The Bertz CT molecular complexity index is 477. The summed E-state index contributed by atoms with van der Waals surface area (Å²) >= 11 is 4.81. The van der Waals surface area contributed by atoms with Crippen LogP contribution in [-0.2, 0) is 4.79 Å². The van der Waals surface area contributed by atoms with Gasteiger partial charge in [0.2, 0.25) is 0 Å². The van der Waals surface area contributed by atoms with Crippen LogP contribution in [0.4, 0.5) is 0 Å². The molecule has 0 aromatic heterocycles. The number of thiocarbonyl (C=S) groups is 1. The van der Waals surface area contributed by atoms with Crippen LogP contribution < -0.4 is 10.6 Å². The highest BCUT2D eigenvalue weighted by Crippen LogP contribution is 2.03. The van der Waals surface area contributed by atoms with Gasteiger partial charge in [0.1, 0.15) is 5.70 Å². The van der Waals surface area contributed by atoms with Crippen LogP contribution in [0, 0.1) is 0 Å². The lowest BCUT2D eigenvalue weighted by Crippen LogP contribution is -2.21. The van der Waals surface area contributed by atoms with Gasteiger partial charge in [-0.05, 0) is 23.9 Å². The van der Waals surface area contributed by atoms with Crippen molar-refractivity contribution < 1.29 is 4.79 Å². The Kier molecular flexibility index (Phi) is 3.12. The first-order valence-electron chi connectivity index (χ1n) is 4.81. The van der Waals surface area contributed by atoms with Crippen molar-refractivity contribution >= 4 is 29.3 Å². The van der Waals surface area contributed by atoms with Crippen molar-refractivity contribution in [3.8, 4) is 0 Å². The molecule has 0 bridgehead atoms. The molecular formula is C12H10N2OS. The summed E-state index contributed by atoms with van der Waals surface area (Å²) in [5.41, 5.74) is 1.55. The molecule has 1 saturated heterocycles. The maximum Gasteiger partial charge on any atom is 0.273 e. The molecule has 1 aromatic carbocycles. The number of carbonyl (C=O) groups excluding carboxylic acids is 1. The van der Waals surface area contributed by atoms with E-state index in [0.29, 0.717) is 10.8 Å². The van der Waals surface area contributed by atoms with E-state index in [1.165, 1.54) is 0 Å². The Morgan fingerprint density at radius 1 is 1.12 bits per heavy atom. The van der Waals surface area contributed by atoms with Crippen LogP contribution in [0.15, 0.2) is 48.2 Å². The first-order valence-corrected chi connectivity index (χ1v) is 5.22. The fraction of sp³-hybridized carbons (Fsp3) is 0. The van der Waals surface area contributed by atoms with E-state index >= 15 is 0 Å². The van der Waals surface area contributed by atoms with Gasteiger partial charge in [-0.2, -0.15) is 0 Å². The molecule has 0 spiro atoms. The summed E-state index contributed by atoms with van der Waals surface area (Å²) in [5, 5.41) is 5.62. The third-order valence-electron chi connectivity index (χ3n) is 2.07. The molecule has 16 heavy (non-hydrogen) atoms. The molecule has 80 valence electrons. The molecule has 1 amide bonds. The summed E-state index contributed by atoms with van der Waals surface area (Å²) in [5.74, 6) is -0.192. The molecule has 0 aliphatic carbocycles. The number of carbonyl (C=O) groups is 1. The van der Waals surface area contributed by atoms with Crippen LogP contribution in [0.2, 0.25) is 0 Å².